The molecule has 0 N–H and O–H groups in total. The molecule has 0 amide bonds. The molecule has 3 aromatic rings. The molecule has 1 heterocycles. The third-order valence-corrected chi connectivity index (χ3v) is 3.41. The van der Waals surface area contributed by atoms with Gasteiger partial charge in [-0.3, -0.25) is 4.98 Å². The van der Waals surface area contributed by atoms with E-state index in [2.05, 4.69) is 16.8 Å². The molecule has 0 atom stereocenters. The molecule has 0 aliphatic rings. The maximum Gasteiger partial charge on any atom is 0.416 e. The summed E-state index contributed by atoms with van der Waals surface area (Å²) in [6, 6.07) is 18.0. The van der Waals surface area contributed by atoms with Gasteiger partial charge in [-0.1, -0.05) is 42.2 Å². The first-order valence-corrected chi connectivity index (χ1v) is 7.24. The van der Waals surface area contributed by atoms with E-state index in [1.165, 1.54) is 12.1 Å². The van der Waals surface area contributed by atoms with Gasteiger partial charge in [0.05, 0.1) is 16.8 Å². The first-order chi connectivity index (χ1) is 11.5. The van der Waals surface area contributed by atoms with Gasteiger partial charge < -0.3 is 0 Å². The lowest BCUT2D eigenvalue weighted by atomic mass is 10.0. The number of aromatic nitrogens is 1. The number of hydrogen-bond donors (Lipinski definition) is 0. The van der Waals surface area contributed by atoms with Crippen LogP contribution in [-0.4, -0.2) is 4.98 Å². The fourth-order valence-electron chi connectivity index (χ4n) is 2.21. The minimum atomic E-state index is -4.35. The molecule has 0 radical (unpaired) electrons. The predicted molar refractivity (Wildman–Crippen MR) is 87.1 cm³/mol. The van der Waals surface area contributed by atoms with Crippen LogP contribution in [0, 0.1) is 11.8 Å². The van der Waals surface area contributed by atoms with Gasteiger partial charge in [0.15, 0.2) is 0 Å². The highest BCUT2D eigenvalue weighted by atomic mass is 19.4. The molecule has 0 aliphatic carbocycles. The summed E-state index contributed by atoms with van der Waals surface area (Å²) in [4.78, 5) is 4.27. The average Bonchev–Trinajstić information content (AvgIpc) is 2.60. The molecule has 0 spiro atoms. The van der Waals surface area contributed by atoms with Crippen LogP contribution < -0.4 is 0 Å². The lowest BCUT2D eigenvalue weighted by Gasteiger charge is -2.08. The molecule has 0 bridgehead atoms. The van der Waals surface area contributed by atoms with E-state index in [-0.39, 0.29) is 0 Å². The summed E-state index contributed by atoms with van der Waals surface area (Å²) in [5, 5.41) is 0. The molecule has 2 aromatic carbocycles. The lowest BCUT2D eigenvalue weighted by molar-refractivity contribution is -0.137. The Morgan fingerprint density at radius 3 is 2.12 bits per heavy atom. The van der Waals surface area contributed by atoms with E-state index < -0.39 is 11.7 Å². The minimum Gasteiger partial charge on any atom is -0.255 e. The third kappa shape index (κ3) is 3.64. The first kappa shape index (κ1) is 15.8. The van der Waals surface area contributed by atoms with E-state index in [0.717, 1.165) is 17.7 Å². The van der Waals surface area contributed by atoms with Gasteiger partial charge in [0, 0.05) is 17.3 Å². The monoisotopic (exact) mass is 323 g/mol. The Hall–Kier alpha value is -3.06. The quantitative estimate of drug-likeness (QED) is 0.563. The number of alkyl halides is 3. The maximum absolute atomic E-state index is 12.7. The van der Waals surface area contributed by atoms with Crippen molar-refractivity contribution in [3.63, 3.8) is 0 Å². The van der Waals surface area contributed by atoms with Crippen LogP contribution in [0.5, 0.6) is 0 Å². The second-order valence-electron chi connectivity index (χ2n) is 5.09. The highest BCUT2D eigenvalue weighted by Crippen LogP contribution is 2.31. The normalized spacial score (nSPS) is 10.8. The Kier molecular flexibility index (Phi) is 4.35. The summed E-state index contributed by atoms with van der Waals surface area (Å²) in [6.07, 6.45) is -2.75. The topological polar surface area (TPSA) is 12.9 Å². The van der Waals surface area contributed by atoms with Crippen molar-refractivity contribution in [3.8, 4) is 23.1 Å². The van der Waals surface area contributed by atoms with E-state index in [9.17, 15) is 13.2 Å². The molecule has 1 nitrogen and oxygen atoms in total. The summed E-state index contributed by atoms with van der Waals surface area (Å²) in [5.74, 6) is 6.07. The van der Waals surface area contributed by atoms with Crippen molar-refractivity contribution >= 4 is 0 Å². The van der Waals surface area contributed by atoms with E-state index in [0.29, 0.717) is 16.8 Å². The third-order valence-electron chi connectivity index (χ3n) is 3.41. The highest BCUT2D eigenvalue weighted by Gasteiger charge is 2.30. The molecule has 3 rings (SSSR count). The van der Waals surface area contributed by atoms with Crippen LogP contribution in [0.15, 0.2) is 72.9 Å². The molecule has 0 saturated carbocycles. The summed E-state index contributed by atoms with van der Waals surface area (Å²) in [5.41, 5.74) is 2.01. The van der Waals surface area contributed by atoms with E-state index >= 15 is 0 Å². The largest absolute Gasteiger partial charge is 0.416 e. The van der Waals surface area contributed by atoms with Crippen LogP contribution in [0.2, 0.25) is 0 Å². The summed E-state index contributed by atoms with van der Waals surface area (Å²) in [6.45, 7) is 0. The summed E-state index contributed by atoms with van der Waals surface area (Å²) in [7, 11) is 0. The maximum atomic E-state index is 12.7. The van der Waals surface area contributed by atoms with Crippen molar-refractivity contribution in [1.29, 1.82) is 0 Å². The van der Waals surface area contributed by atoms with Gasteiger partial charge in [-0.05, 0) is 36.4 Å². The Balaban J connectivity index is 1.97. The molecule has 0 unspecified atom stereocenters. The fourth-order valence-corrected chi connectivity index (χ4v) is 2.21. The second kappa shape index (κ2) is 6.59. The smallest absolute Gasteiger partial charge is 0.255 e. The molecule has 24 heavy (non-hydrogen) atoms. The Bertz CT molecular complexity index is 886. The molecule has 0 fully saturated rings. The van der Waals surface area contributed by atoms with Crippen molar-refractivity contribution in [2.75, 3.05) is 0 Å². The van der Waals surface area contributed by atoms with Crippen LogP contribution >= 0.6 is 0 Å². The zero-order valence-electron chi connectivity index (χ0n) is 12.5. The van der Waals surface area contributed by atoms with Crippen LogP contribution in [0.1, 0.15) is 16.7 Å². The molecule has 4 heteroatoms. The van der Waals surface area contributed by atoms with E-state index in [1.54, 1.807) is 18.3 Å². The molecular weight excluding hydrogens is 311 g/mol. The molecule has 0 saturated heterocycles. The standard InChI is InChI=1S/C20H12F3N/c21-20(22,23)18-12-10-17(11-13-18)19-16(7-4-14-24-19)9-8-15-5-2-1-3-6-15/h1-7,10-14H. The van der Waals surface area contributed by atoms with Crippen molar-refractivity contribution < 1.29 is 13.2 Å². The van der Waals surface area contributed by atoms with Crippen LogP contribution in [0.25, 0.3) is 11.3 Å². The molecule has 1 aromatic heterocycles. The van der Waals surface area contributed by atoms with Crippen LogP contribution in [0.4, 0.5) is 13.2 Å². The number of hydrogen-bond acceptors (Lipinski definition) is 1. The summed E-state index contributed by atoms with van der Waals surface area (Å²) >= 11 is 0. The highest BCUT2D eigenvalue weighted by molar-refractivity contribution is 5.67. The van der Waals surface area contributed by atoms with Gasteiger partial charge in [-0.25, -0.2) is 0 Å². The molecular formula is C20H12F3N. The van der Waals surface area contributed by atoms with Crippen LogP contribution in [0.3, 0.4) is 0 Å². The predicted octanol–water partition coefficient (Wildman–Crippen LogP) is 5.17. The number of benzene rings is 2. The molecule has 118 valence electrons. The van der Waals surface area contributed by atoms with Gasteiger partial charge in [0.1, 0.15) is 0 Å². The van der Waals surface area contributed by atoms with Gasteiger partial charge in [-0.15, -0.1) is 0 Å². The molecule has 0 aliphatic heterocycles. The number of halogens is 3. The Labute approximate surface area is 137 Å². The van der Waals surface area contributed by atoms with Crippen molar-refractivity contribution in [2.24, 2.45) is 0 Å². The van der Waals surface area contributed by atoms with Crippen LogP contribution in [-0.2, 0) is 6.18 Å². The fraction of sp³-hybridized carbons (Fsp3) is 0.0500. The van der Waals surface area contributed by atoms with E-state index in [1.807, 2.05) is 30.3 Å². The SMILES string of the molecule is FC(F)(F)c1ccc(-c2ncccc2C#Cc2ccccc2)cc1. The van der Waals surface area contributed by atoms with E-state index in [4.69, 9.17) is 0 Å². The summed E-state index contributed by atoms with van der Waals surface area (Å²) < 4.78 is 38.0. The number of pyridine rings is 1. The zero-order chi connectivity index (χ0) is 17.0. The Morgan fingerprint density at radius 1 is 0.750 bits per heavy atom. The minimum absolute atomic E-state index is 0.564. The number of nitrogens with zero attached hydrogens (tertiary/aromatic N) is 1. The van der Waals surface area contributed by atoms with Crippen molar-refractivity contribution in [1.82, 2.24) is 4.98 Å². The first-order valence-electron chi connectivity index (χ1n) is 7.24. The van der Waals surface area contributed by atoms with Crippen molar-refractivity contribution in [2.45, 2.75) is 6.18 Å². The Morgan fingerprint density at radius 2 is 1.46 bits per heavy atom. The van der Waals surface area contributed by atoms with Gasteiger partial charge >= 0.3 is 6.18 Å². The lowest BCUT2D eigenvalue weighted by Crippen LogP contribution is -2.04. The average molecular weight is 323 g/mol. The van der Waals surface area contributed by atoms with Crippen molar-refractivity contribution in [3.05, 3.63) is 89.6 Å². The van der Waals surface area contributed by atoms with Gasteiger partial charge in [0.25, 0.3) is 0 Å². The second-order valence-corrected chi connectivity index (χ2v) is 5.09. The van der Waals surface area contributed by atoms with Gasteiger partial charge in [0.2, 0.25) is 0 Å². The number of rotatable bonds is 1. The van der Waals surface area contributed by atoms with Gasteiger partial charge in [-0.2, -0.15) is 13.2 Å². The zero-order valence-corrected chi connectivity index (χ0v) is 12.5.